The number of carbonyl (C=O) groups excluding carboxylic acids is 1. The monoisotopic (exact) mass is 361 g/mol. The molecule has 0 aliphatic carbocycles. The summed E-state index contributed by atoms with van der Waals surface area (Å²) in [7, 11) is 4.46. The van der Waals surface area contributed by atoms with Crippen LogP contribution >= 0.6 is 0 Å². The third-order valence-corrected chi connectivity index (χ3v) is 3.78. The van der Waals surface area contributed by atoms with E-state index in [1.165, 1.54) is 54.0 Å². The second kappa shape index (κ2) is 8.28. The molecule has 0 saturated heterocycles. The summed E-state index contributed by atoms with van der Waals surface area (Å²) in [5, 5.41) is 0. The number of carbonyl (C=O) groups is 1. The molecular weight excluding hydrogens is 341 g/mol. The molecule has 1 amide bonds. The van der Waals surface area contributed by atoms with E-state index in [0.29, 0.717) is 0 Å². The van der Waals surface area contributed by atoms with Crippen LogP contribution in [0.4, 0.5) is 4.39 Å². The first-order valence-electron chi connectivity index (χ1n) is 7.88. The molecule has 0 aliphatic rings. The lowest BCUT2D eigenvalue weighted by Crippen LogP contribution is -2.37. The molecule has 0 N–H and O–H groups in total. The molecule has 1 aromatic carbocycles. The third kappa shape index (κ3) is 4.47. The lowest BCUT2D eigenvalue weighted by atomic mass is 10.3. The van der Waals surface area contributed by atoms with E-state index in [1.807, 2.05) is 0 Å². The van der Waals surface area contributed by atoms with Crippen molar-refractivity contribution in [1.29, 1.82) is 0 Å². The Morgan fingerprint density at radius 3 is 2.65 bits per heavy atom. The molecule has 2 rings (SSSR count). The number of likely N-dealkylation sites (N-methyl/N-ethyl adjacent to an activating group) is 1. The minimum atomic E-state index is -0.484. The van der Waals surface area contributed by atoms with Gasteiger partial charge in [0.25, 0.3) is 5.56 Å². The normalized spacial score (nSPS) is 10.9. The fourth-order valence-corrected chi connectivity index (χ4v) is 2.20. The van der Waals surface area contributed by atoms with Gasteiger partial charge in [-0.15, -0.1) is 0 Å². The summed E-state index contributed by atoms with van der Waals surface area (Å²) < 4.78 is 21.0. The average molecular weight is 361 g/mol. The Kier molecular flexibility index (Phi) is 6.11. The van der Waals surface area contributed by atoms with Crippen molar-refractivity contribution in [3.63, 3.8) is 0 Å². The van der Waals surface area contributed by atoms with Gasteiger partial charge in [-0.3, -0.25) is 14.2 Å². The van der Waals surface area contributed by atoms with Crippen LogP contribution < -0.4 is 16.0 Å². The summed E-state index contributed by atoms with van der Waals surface area (Å²) in [6.45, 7) is 0.363. The second-order valence-corrected chi connectivity index (χ2v) is 5.71. The highest BCUT2D eigenvalue weighted by Gasteiger charge is 2.08. The number of benzene rings is 1. The Morgan fingerprint density at radius 1 is 1.27 bits per heavy atom. The van der Waals surface area contributed by atoms with Crippen LogP contribution in [0.1, 0.15) is 5.56 Å². The van der Waals surface area contributed by atoms with E-state index >= 15 is 0 Å². The van der Waals surface area contributed by atoms with Gasteiger partial charge < -0.3 is 14.2 Å². The fraction of sp³-hybridized carbons (Fsp3) is 0.278. The first-order valence-corrected chi connectivity index (χ1v) is 7.88. The predicted octanol–water partition coefficient (Wildman–Crippen LogP) is 0.774. The van der Waals surface area contributed by atoms with Crippen LogP contribution in [-0.4, -0.2) is 40.1 Å². The molecule has 0 unspecified atom stereocenters. The number of aryl methyl sites for hydroxylation is 1. The number of hydrogen-bond acceptors (Lipinski definition) is 4. The molecule has 0 radical (unpaired) electrons. The van der Waals surface area contributed by atoms with Crippen LogP contribution in [0.15, 0.2) is 46.1 Å². The summed E-state index contributed by atoms with van der Waals surface area (Å²) in [5.74, 6) is -0.692. The molecule has 0 aliphatic heterocycles. The molecule has 138 valence electrons. The Labute approximate surface area is 149 Å². The largest absolute Gasteiger partial charge is 0.489 e. The van der Waals surface area contributed by atoms with Crippen LogP contribution in [0.3, 0.4) is 0 Å². The van der Waals surface area contributed by atoms with E-state index in [1.54, 1.807) is 19.2 Å². The summed E-state index contributed by atoms with van der Waals surface area (Å²) >= 11 is 0. The van der Waals surface area contributed by atoms with Gasteiger partial charge in [0.2, 0.25) is 5.91 Å². The maximum Gasteiger partial charge on any atom is 0.330 e. The maximum atomic E-state index is 13.4. The summed E-state index contributed by atoms with van der Waals surface area (Å²) in [4.78, 5) is 37.1. The average Bonchev–Trinajstić information content (AvgIpc) is 2.63. The minimum absolute atomic E-state index is 0.123. The van der Waals surface area contributed by atoms with E-state index in [9.17, 15) is 18.8 Å². The summed E-state index contributed by atoms with van der Waals surface area (Å²) in [5.41, 5.74) is -0.706. The zero-order valence-corrected chi connectivity index (χ0v) is 14.8. The number of hydrogen-bond donors (Lipinski definition) is 0. The van der Waals surface area contributed by atoms with Gasteiger partial charge in [-0.25, -0.2) is 9.18 Å². The van der Waals surface area contributed by atoms with E-state index < -0.39 is 17.1 Å². The van der Waals surface area contributed by atoms with Gasteiger partial charge in [0.15, 0.2) is 11.6 Å². The van der Waals surface area contributed by atoms with Crippen molar-refractivity contribution in [3.8, 4) is 5.75 Å². The quantitative estimate of drug-likeness (QED) is 0.713. The molecule has 0 spiro atoms. The van der Waals surface area contributed by atoms with Crippen LogP contribution in [0.2, 0.25) is 0 Å². The molecule has 26 heavy (non-hydrogen) atoms. The predicted molar refractivity (Wildman–Crippen MR) is 95.5 cm³/mol. The Balaban J connectivity index is 1.97. The first kappa shape index (κ1) is 19.2. The number of ether oxygens (including phenoxy) is 1. The van der Waals surface area contributed by atoms with Gasteiger partial charge in [0.05, 0.1) is 12.1 Å². The molecule has 8 heteroatoms. The Morgan fingerprint density at radius 2 is 1.96 bits per heavy atom. The molecule has 0 saturated carbocycles. The van der Waals surface area contributed by atoms with Crippen molar-refractivity contribution in [3.05, 3.63) is 68.8 Å². The highest BCUT2D eigenvalue weighted by atomic mass is 19.1. The Bertz CT molecular complexity index is 946. The SMILES string of the molecule is CN(CCOc1ccccc1F)C(=O)/C=C/c1cn(C)c(=O)n(C)c1=O. The highest BCUT2D eigenvalue weighted by Crippen LogP contribution is 2.14. The minimum Gasteiger partial charge on any atom is -0.489 e. The van der Waals surface area contributed by atoms with Gasteiger partial charge in [-0.05, 0) is 18.2 Å². The number of amides is 1. The molecule has 0 bridgehead atoms. The second-order valence-electron chi connectivity index (χ2n) is 5.71. The molecule has 1 aromatic heterocycles. The summed E-state index contributed by atoms with van der Waals surface area (Å²) in [6.07, 6.45) is 3.97. The molecule has 0 atom stereocenters. The number of nitrogens with zero attached hydrogens (tertiary/aromatic N) is 3. The van der Waals surface area contributed by atoms with Gasteiger partial charge in [0, 0.05) is 33.4 Å². The van der Waals surface area contributed by atoms with Crippen molar-refractivity contribution in [1.82, 2.24) is 14.0 Å². The number of aromatic nitrogens is 2. The highest BCUT2D eigenvalue weighted by molar-refractivity contribution is 5.91. The van der Waals surface area contributed by atoms with Crippen molar-refractivity contribution >= 4 is 12.0 Å². The molecular formula is C18H20FN3O4. The van der Waals surface area contributed by atoms with E-state index in [2.05, 4.69) is 0 Å². The van der Waals surface area contributed by atoms with E-state index in [-0.39, 0.29) is 30.4 Å². The number of halogens is 1. The van der Waals surface area contributed by atoms with Crippen molar-refractivity contribution < 1.29 is 13.9 Å². The van der Waals surface area contributed by atoms with E-state index in [0.717, 1.165) is 4.57 Å². The lowest BCUT2D eigenvalue weighted by molar-refractivity contribution is -0.125. The molecule has 2 aromatic rings. The standard InChI is InChI=1S/C18H20FN3O4/c1-20(10-11-26-15-7-5-4-6-14(15)19)16(23)9-8-13-12-21(2)18(25)22(3)17(13)24/h4-9,12H,10-11H2,1-3H3/b9-8+. The smallest absolute Gasteiger partial charge is 0.330 e. The molecule has 1 heterocycles. The van der Waals surface area contributed by atoms with Crippen LogP contribution in [0.25, 0.3) is 6.08 Å². The lowest BCUT2D eigenvalue weighted by Gasteiger charge is -2.15. The van der Waals surface area contributed by atoms with Crippen molar-refractivity contribution in [2.24, 2.45) is 14.1 Å². The molecule has 0 fully saturated rings. The fourth-order valence-electron chi connectivity index (χ4n) is 2.20. The van der Waals surface area contributed by atoms with Gasteiger partial charge in [0.1, 0.15) is 6.61 Å². The van der Waals surface area contributed by atoms with Crippen molar-refractivity contribution in [2.75, 3.05) is 20.2 Å². The van der Waals surface area contributed by atoms with Crippen molar-refractivity contribution in [2.45, 2.75) is 0 Å². The third-order valence-electron chi connectivity index (χ3n) is 3.78. The first-order chi connectivity index (χ1) is 12.3. The Hall–Kier alpha value is -3.16. The summed E-state index contributed by atoms with van der Waals surface area (Å²) in [6, 6.07) is 6.02. The van der Waals surface area contributed by atoms with Crippen LogP contribution in [-0.2, 0) is 18.9 Å². The number of rotatable bonds is 6. The molecule has 7 nitrogen and oxygen atoms in total. The van der Waals surface area contributed by atoms with Gasteiger partial charge >= 0.3 is 5.69 Å². The van der Waals surface area contributed by atoms with Crippen LogP contribution in [0.5, 0.6) is 5.75 Å². The van der Waals surface area contributed by atoms with Gasteiger partial charge in [-0.2, -0.15) is 0 Å². The number of para-hydroxylation sites is 1. The zero-order chi connectivity index (χ0) is 19.3. The topological polar surface area (TPSA) is 73.5 Å². The van der Waals surface area contributed by atoms with E-state index in [4.69, 9.17) is 4.74 Å². The maximum absolute atomic E-state index is 13.4. The zero-order valence-electron chi connectivity index (χ0n) is 14.8. The van der Waals surface area contributed by atoms with Crippen LogP contribution in [0, 0.1) is 5.82 Å². The van der Waals surface area contributed by atoms with Gasteiger partial charge in [-0.1, -0.05) is 12.1 Å².